The zero-order valence-corrected chi connectivity index (χ0v) is 11.5. The fourth-order valence-corrected chi connectivity index (χ4v) is 2.90. The van der Waals surface area contributed by atoms with Crippen molar-refractivity contribution in [3.05, 3.63) is 29.8 Å². The SMILES string of the molecule is CC(CNC1CC1)C(C)N1CCc2ccccc21. The first-order valence-corrected chi connectivity index (χ1v) is 7.33. The lowest BCUT2D eigenvalue weighted by molar-refractivity contribution is 0.424. The summed E-state index contributed by atoms with van der Waals surface area (Å²) >= 11 is 0. The normalized spacial score (nSPS) is 21.8. The van der Waals surface area contributed by atoms with Crippen LogP contribution in [0.2, 0.25) is 0 Å². The summed E-state index contributed by atoms with van der Waals surface area (Å²) in [6.45, 7) is 7.10. The zero-order chi connectivity index (χ0) is 12.5. The quantitative estimate of drug-likeness (QED) is 0.857. The van der Waals surface area contributed by atoms with Crippen molar-refractivity contribution in [2.45, 2.75) is 45.2 Å². The van der Waals surface area contributed by atoms with Crippen LogP contribution in [0.15, 0.2) is 24.3 Å². The number of hydrogen-bond donors (Lipinski definition) is 1. The summed E-state index contributed by atoms with van der Waals surface area (Å²) in [7, 11) is 0. The van der Waals surface area contributed by atoms with Crippen molar-refractivity contribution in [3.8, 4) is 0 Å². The lowest BCUT2D eigenvalue weighted by Crippen LogP contribution is -2.40. The van der Waals surface area contributed by atoms with Crippen molar-refractivity contribution >= 4 is 5.69 Å². The molecule has 3 rings (SSSR count). The molecule has 1 aromatic rings. The van der Waals surface area contributed by atoms with Crippen LogP contribution in [-0.2, 0) is 6.42 Å². The van der Waals surface area contributed by atoms with Gasteiger partial charge in [-0.25, -0.2) is 0 Å². The van der Waals surface area contributed by atoms with Gasteiger partial charge in [-0.15, -0.1) is 0 Å². The molecule has 18 heavy (non-hydrogen) atoms. The second-order valence-electron chi connectivity index (χ2n) is 5.97. The number of rotatable bonds is 5. The summed E-state index contributed by atoms with van der Waals surface area (Å²) in [4.78, 5) is 2.59. The minimum atomic E-state index is 0.625. The predicted molar refractivity (Wildman–Crippen MR) is 77.1 cm³/mol. The molecule has 1 aliphatic heterocycles. The van der Waals surface area contributed by atoms with E-state index in [0.717, 1.165) is 12.6 Å². The van der Waals surface area contributed by atoms with Crippen LogP contribution in [0.25, 0.3) is 0 Å². The average Bonchev–Trinajstić information content (AvgIpc) is 3.13. The lowest BCUT2D eigenvalue weighted by Gasteiger charge is -2.32. The number of para-hydroxylation sites is 1. The van der Waals surface area contributed by atoms with E-state index < -0.39 is 0 Å². The van der Waals surface area contributed by atoms with Crippen LogP contribution in [0.4, 0.5) is 5.69 Å². The molecule has 1 saturated carbocycles. The van der Waals surface area contributed by atoms with Crippen LogP contribution in [-0.4, -0.2) is 25.2 Å². The maximum Gasteiger partial charge on any atom is 0.0402 e. The Kier molecular flexibility index (Phi) is 3.29. The van der Waals surface area contributed by atoms with Crippen molar-refractivity contribution < 1.29 is 0 Å². The van der Waals surface area contributed by atoms with Gasteiger partial charge in [0, 0.05) is 24.3 Å². The Hall–Kier alpha value is -1.02. The first-order valence-electron chi connectivity index (χ1n) is 7.33. The van der Waals surface area contributed by atoms with E-state index in [9.17, 15) is 0 Å². The Bertz CT molecular complexity index is 411. The second-order valence-corrected chi connectivity index (χ2v) is 5.97. The highest BCUT2D eigenvalue weighted by atomic mass is 15.2. The molecule has 1 aromatic carbocycles. The summed E-state index contributed by atoms with van der Waals surface area (Å²) in [6.07, 6.45) is 3.98. The summed E-state index contributed by atoms with van der Waals surface area (Å²) in [5.74, 6) is 0.705. The fourth-order valence-electron chi connectivity index (χ4n) is 2.90. The molecular formula is C16H24N2. The van der Waals surface area contributed by atoms with Gasteiger partial charge < -0.3 is 10.2 Å². The lowest BCUT2D eigenvalue weighted by atomic mass is 10.0. The maximum atomic E-state index is 3.66. The monoisotopic (exact) mass is 244 g/mol. The number of hydrogen-bond acceptors (Lipinski definition) is 2. The molecule has 2 heteroatoms. The van der Waals surface area contributed by atoms with Gasteiger partial charge in [0.2, 0.25) is 0 Å². The highest BCUT2D eigenvalue weighted by Gasteiger charge is 2.28. The van der Waals surface area contributed by atoms with Gasteiger partial charge in [0.15, 0.2) is 0 Å². The molecule has 0 amide bonds. The first kappa shape index (κ1) is 12.0. The summed E-state index contributed by atoms with van der Waals surface area (Å²) in [6, 6.07) is 10.3. The third kappa shape index (κ3) is 2.39. The van der Waals surface area contributed by atoms with Gasteiger partial charge in [0.05, 0.1) is 0 Å². The predicted octanol–water partition coefficient (Wildman–Crippen LogP) is 2.83. The van der Waals surface area contributed by atoms with Crippen molar-refractivity contribution in [2.24, 2.45) is 5.92 Å². The van der Waals surface area contributed by atoms with E-state index in [1.54, 1.807) is 0 Å². The van der Waals surface area contributed by atoms with Crippen LogP contribution >= 0.6 is 0 Å². The van der Waals surface area contributed by atoms with E-state index in [1.807, 2.05) is 0 Å². The summed E-state index contributed by atoms with van der Waals surface area (Å²) < 4.78 is 0. The van der Waals surface area contributed by atoms with Crippen LogP contribution < -0.4 is 10.2 Å². The van der Waals surface area contributed by atoms with E-state index in [0.29, 0.717) is 12.0 Å². The minimum absolute atomic E-state index is 0.625. The highest BCUT2D eigenvalue weighted by molar-refractivity contribution is 5.58. The topological polar surface area (TPSA) is 15.3 Å². The van der Waals surface area contributed by atoms with Crippen LogP contribution in [0.1, 0.15) is 32.3 Å². The van der Waals surface area contributed by atoms with Crippen molar-refractivity contribution in [1.82, 2.24) is 5.32 Å². The molecular weight excluding hydrogens is 220 g/mol. The Morgan fingerprint density at radius 1 is 1.28 bits per heavy atom. The van der Waals surface area contributed by atoms with Gasteiger partial charge in [0.25, 0.3) is 0 Å². The van der Waals surface area contributed by atoms with Gasteiger partial charge in [-0.3, -0.25) is 0 Å². The molecule has 1 fully saturated rings. The van der Waals surface area contributed by atoms with Crippen molar-refractivity contribution in [2.75, 3.05) is 18.0 Å². The molecule has 2 unspecified atom stereocenters. The Balaban J connectivity index is 1.63. The number of nitrogens with zero attached hydrogens (tertiary/aromatic N) is 1. The molecule has 1 aliphatic carbocycles. The molecule has 0 radical (unpaired) electrons. The number of anilines is 1. The average molecular weight is 244 g/mol. The third-order valence-electron chi connectivity index (χ3n) is 4.54. The fraction of sp³-hybridized carbons (Fsp3) is 0.625. The zero-order valence-electron chi connectivity index (χ0n) is 11.5. The number of fused-ring (bicyclic) bond motifs is 1. The molecule has 2 aliphatic rings. The Labute approximate surface area is 110 Å². The van der Waals surface area contributed by atoms with Gasteiger partial charge in [-0.05, 0) is 50.3 Å². The standard InChI is InChI=1S/C16H24N2/c1-12(11-17-15-7-8-15)13(2)18-10-9-14-5-3-4-6-16(14)18/h3-6,12-13,15,17H,7-11H2,1-2H3. The Morgan fingerprint density at radius 2 is 2.06 bits per heavy atom. The molecule has 0 aromatic heterocycles. The molecule has 1 heterocycles. The molecule has 0 spiro atoms. The molecule has 98 valence electrons. The van der Waals surface area contributed by atoms with Crippen LogP contribution in [0.5, 0.6) is 0 Å². The molecule has 0 saturated heterocycles. The van der Waals surface area contributed by atoms with Crippen LogP contribution in [0.3, 0.4) is 0 Å². The number of nitrogens with one attached hydrogen (secondary N) is 1. The van der Waals surface area contributed by atoms with Crippen molar-refractivity contribution in [3.63, 3.8) is 0 Å². The van der Waals surface area contributed by atoms with E-state index in [-0.39, 0.29) is 0 Å². The molecule has 2 atom stereocenters. The van der Waals surface area contributed by atoms with Crippen molar-refractivity contribution in [1.29, 1.82) is 0 Å². The molecule has 0 bridgehead atoms. The summed E-state index contributed by atoms with van der Waals surface area (Å²) in [5, 5.41) is 3.66. The van der Waals surface area contributed by atoms with Gasteiger partial charge in [-0.2, -0.15) is 0 Å². The maximum absolute atomic E-state index is 3.66. The smallest absolute Gasteiger partial charge is 0.0402 e. The van der Waals surface area contributed by atoms with E-state index in [4.69, 9.17) is 0 Å². The third-order valence-corrected chi connectivity index (χ3v) is 4.54. The van der Waals surface area contributed by atoms with E-state index >= 15 is 0 Å². The van der Waals surface area contributed by atoms with Gasteiger partial charge >= 0.3 is 0 Å². The van der Waals surface area contributed by atoms with Crippen LogP contribution in [0, 0.1) is 5.92 Å². The van der Waals surface area contributed by atoms with Gasteiger partial charge in [0.1, 0.15) is 0 Å². The number of benzene rings is 1. The first-order chi connectivity index (χ1) is 8.75. The van der Waals surface area contributed by atoms with E-state index in [1.165, 1.54) is 37.1 Å². The minimum Gasteiger partial charge on any atom is -0.368 e. The highest BCUT2D eigenvalue weighted by Crippen LogP contribution is 2.31. The molecule has 1 N–H and O–H groups in total. The summed E-state index contributed by atoms with van der Waals surface area (Å²) in [5.41, 5.74) is 2.98. The molecule has 2 nitrogen and oxygen atoms in total. The van der Waals surface area contributed by atoms with Gasteiger partial charge in [-0.1, -0.05) is 25.1 Å². The second kappa shape index (κ2) is 4.93. The Morgan fingerprint density at radius 3 is 2.83 bits per heavy atom. The van der Waals surface area contributed by atoms with E-state index in [2.05, 4.69) is 48.3 Å². The largest absolute Gasteiger partial charge is 0.368 e.